The van der Waals surface area contributed by atoms with Crippen molar-refractivity contribution in [1.82, 2.24) is 4.90 Å². The summed E-state index contributed by atoms with van der Waals surface area (Å²) in [7, 11) is 0. The number of piperidine rings is 1. The van der Waals surface area contributed by atoms with Crippen LogP contribution in [0.4, 0.5) is 5.69 Å². The molecule has 3 heteroatoms. The van der Waals surface area contributed by atoms with Gasteiger partial charge in [0.15, 0.2) is 0 Å². The maximum Gasteiger partial charge on any atom is 0.117 e. The molecule has 16 heavy (non-hydrogen) atoms. The molecule has 88 valence electrons. The third kappa shape index (κ3) is 2.67. The summed E-state index contributed by atoms with van der Waals surface area (Å²) in [6.07, 6.45) is 2.55. The highest BCUT2D eigenvalue weighted by atomic mass is 16.3. The SMILES string of the molecule is CC1CCN(Cc2ccc(O)cc2N)CC1. The van der Waals surface area contributed by atoms with Gasteiger partial charge in [0.25, 0.3) is 0 Å². The van der Waals surface area contributed by atoms with E-state index in [1.807, 2.05) is 6.07 Å². The second-order valence-corrected chi connectivity index (χ2v) is 4.84. The topological polar surface area (TPSA) is 49.5 Å². The zero-order valence-electron chi connectivity index (χ0n) is 9.82. The smallest absolute Gasteiger partial charge is 0.117 e. The molecule has 0 radical (unpaired) electrons. The Balaban J connectivity index is 1.98. The average Bonchev–Trinajstić information content (AvgIpc) is 2.25. The Morgan fingerprint density at radius 2 is 2.06 bits per heavy atom. The van der Waals surface area contributed by atoms with E-state index in [4.69, 9.17) is 5.73 Å². The Kier molecular flexibility index (Phi) is 3.34. The molecule has 1 fully saturated rings. The van der Waals surface area contributed by atoms with Gasteiger partial charge < -0.3 is 10.8 Å². The standard InChI is InChI=1S/C13H20N2O/c1-10-4-6-15(7-5-10)9-11-2-3-12(16)8-13(11)14/h2-3,8,10,16H,4-7,9,14H2,1H3. The summed E-state index contributed by atoms with van der Waals surface area (Å²) in [5.74, 6) is 1.10. The Hall–Kier alpha value is -1.22. The minimum Gasteiger partial charge on any atom is -0.508 e. The normalized spacial score (nSPS) is 18.8. The van der Waals surface area contributed by atoms with E-state index >= 15 is 0 Å². The Morgan fingerprint density at radius 1 is 1.38 bits per heavy atom. The minimum atomic E-state index is 0.244. The molecular weight excluding hydrogens is 200 g/mol. The lowest BCUT2D eigenvalue weighted by Crippen LogP contribution is -2.32. The summed E-state index contributed by atoms with van der Waals surface area (Å²) in [6.45, 7) is 5.52. The maximum atomic E-state index is 9.28. The molecule has 2 rings (SSSR count). The van der Waals surface area contributed by atoms with Gasteiger partial charge in [-0.2, -0.15) is 0 Å². The Bertz CT molecular complexity index is 357. The van der Waals surface area contributed by atoms with Crippen LogP contribution in [-0.4, -0.2) is 23.1 Å². The second kappa shape index (κ2) is 4.74. The van der Waals surface area contributed by atoms with Gasteiger partial charge in [0.2, 0.25) is 0 Å². The molecule has 0 aliphatic carbocycles. The summed E-state index contributed by atoms with van der Waals surface area (Å²) >= 11 is 0. The van der Waals surface area contributed by atoms with Crippen LogP contribution in [0.25, 0.3) is 0 Å². The molecule has 1 aromatic rings. The van der Waals surface area contributed by atoms with Crippen molar-refractivity contribution in [3.05, 3.63) is 23.8 Å². The maximum absolute atomic E-state index is 9.28. The highest BCUT2D eigenvalue weighted by Gasteiger charge is 2.16. The molecule has 0 atom stereocenters. The number of nitrogens with two attached hydrogens (primary N) is 1. The van der Waals surface area contributed by atoms with Crippen molar-refractivity contribution in [2.45, 2.75) is 26.3 Å². The van der Waals surface area contributed by atoms with Gasteiger partial charge in [-0.25, -0.2) is 0 Å². The monoisotopic (exact) mass is 220 g/mol. The van der Waals surface area contributed by atoms with Gasteiger partial charge in [-0.15, -0.1) is 0 Å². The van der Waals surface area contributed by atoms with E-state index in [-0.39, 0.29) is 5.75 Å². The fraction of sp³-hybridized carbons (Fsp3) is 0.538. The van der Waals surface area contributed by atoms with Crippen LogP contribution in [0.3, 0.4) is 0 Å². The van der Waals surface area contributed by atoms with E-state index in [0.717, 1.165) is 31.1 Å². The van der Waals surface area contributed by atoms with Crippen LogP contribution in [-0.2, 0) is 6.54 Å². The molecule has 0 amide bonds. The van der Waals surface area contributed by atoms with Crippen molar-refractivity contribution in [2.24, 2.45) is 5.92 Å². The molecule has 0 aromatic heterocycles. The minimum absolute atomic E-state index is 0.244. The summed E-state index contributed by atoms with van der Waals surface area (Å²) in [4.78, 5) is 2.43. The van der Waals surface area contributed by atoms with E-state index in [0.29, 0.717) is 5.69 Å². The highest BCUT2D eigenvalue weighted by Crippen LogP contribution is 2.23. The lowest BCUT2D eigenvalue weighted by atomic mass is 9.98. The number of hydrogen-bond acceptors (Lipinski definition) is 3. The van der Waals surface area contributed by atoms with Gasteiger partial charge in [0.05, 0.1) is 0 Å². The van der Waals surface area contributed by atoms with Gasteiger partial charge in [0, 0.05) is 18.3 Å². The zero-order valence-corrected chi connectivity index (χ0v) is 9.82. The van der Waals surface area contributed by atoms with Crippen molar-refractivity contribution in [2.75, 3.05) is 18.8 Å². The van der Waals surface area contributed by atoms with E-state index in [9.17, 15) is 5.11 Å². The van der Waals surface area contributed by atoms with Crippen molar-refractivity contribution >= 4 is 5.69 Å². The Labute approximate surface area is 96.9 Å². The lowest BCUT2D eigenvalue weighted by Gasteiger charge is -2.30. The summed E-state index contributed by atoms with van der Waals surface area (Å²) in [5.41, 5.74) is 7.69. The third-order valence-electron chi connectivity index (χ3n) is 3.40. The first-order valence-electron chi connectivity index (χ1n) is 5.95. The number of rotatable bonds is 2. The second-order valence-electron chi connectivity index (χ2n) is 4.84. The van der Waals surface area contributed by atoms with Crippen molar-refractivity contribution in [1.29, 1.82) is 0 Å². The summed E-state index contributed by atoms with van der Waals surface area (Å²) < 4.78 is 0. The van der Waals surface area contributed by atoms with Crippen LogP contribution in [0.1, 0.15) is 25.3 Å². The van der Waals surface area contributed by atoms with Crippen LogP contribution in [0.2, 0.25) is 0 Å². The van der Waals surface area contributed by atoms with Crippen molar-refractivity contribution in [3.8, 4) is 5.75 Å². The van der Waals surface area contributed by atoms with Crippen LogP contribution in [0.15, 0.2) is 18.2 Å². The van der Waals surface area contributed by atoms with Crippen LogP contribution in [0.5, 0.6) is 5.75 Å². The van der Waals surface area contributed by atoms with Gasteiger partial charge in [-0.3, -0.25) is 4.90 Å². The first-order chi connectivity index (χ1) is 7.65. The highest BCUT2D eigenvalue weighted by molar-refractivity contribution is 5.50. The number of phenols is 1. The zero-order chi connectivity index (χ0) is 11.5. The number of benzene rings is 1. The molecule has 1 heterocycles. The van der Waals surface area contributed by atoms with Gasteiger partial charge in [0.1, 0.15) is 5.75 Å². The molecule has 0 bridgehead atoms. The Morgan fingerprint density at radius 3 is 2.69 bits per heavy atom. The largest absolute Gasteiger partial charge is 0.508 e. The summed E-state index contributed by atoms with van der Waals surface area (Å²) in [6, 6.07) is 5.25. The number of aromatic hydroxyl groups is 1. The molecule has 0 spiro atoms. The predicted molar refractivity (Wildman–Crippen MR) is 66.2 cm³/mol. The number of hydrogen-bond donors (Lipinski definition) is 2. The van der Waals surface area contributed by atoms with Crippen LogP contribution < -0.4 is 5.73 Å². The first-order valence-corrected chi connectivity index (χ1v) is 5.95. The number of anilines is 1. The number of nitrogens with zero attached hydrogens (tertiary/aromatic N) is 1. The van der Waals surface area contributed by atoms with E-state index in [1.165, 1.54) is 12.8 Å². The average molecular weight is 220 g/mol. The van der Waals surface area contributed by atoms with Crippen molar-refractivity contribution < 1.29 is 5.11 Å². The molecule has 3 nitrogen and oxygen atoms in total. The van der Waals surface area contributed by atoms with E-state index in [1.54, 1.807) is 12.1 Å². The van der Waals surface area contributed by atoms with Crippen LogP contribution >= 0.6 is 0 Å². The summed E-state index contributed by atoms with van der Waals surface area (Å²) in [5, 5.41) is 9.28. The molecule has 0 unspecified atom stereocenters. The van der Waals surface area contributed by atoms with Gasteiger partial charge >= 0.3 is 0 Å². The molecule has 1 aliphatic heterocycles. The van der Waals surface area contributed by atoms with Crippen molar-refractivity contribution in [3.63, 3.8) is 0 Å². The molecule has 1 saturated heterocycles. The predicted octanol–water partition coefficient (Wildman–Crippen LogP) is 2.21. The molecular formula is C13H20N2O. The fourth-order valence-corrected chi connectivity index (χ4v) is 2.19. The fourth-order valence-electron chi connectivity index (χ4n) is 2.19. The number of likely N-dealkylation sites (tertiary alicyclic amines) is 1. The van der Waals surface area contributed by atoms with Crippen LogP contribution in [0, 0.1) is 5.92 Å². The molecule has 3 N–H and O–H groups in total. The quantitative estimate of drug-likeness (QED) is 0.751. The van der Waals surface area contributed by atoms with Gasteiger partial charge in [-0.05, 0) is 43.5 Å². The van der Waals surface area contributed by atoms with Gasteiger partial charge in [-0.1, -0.05) is 13.0 Å². The molecule has 0 saturated carbocycles. The lowest BCUT2D eigenvalue weighted by molar-refractivity contribution is 0.185. The first kappa shape index (κ1) is 11.3. The molecule has 1 aromatic carbocycles. The molecule has 1 aliphatic rings. The van der Waals surface area contributed by atoms with E-state index in [2.05, 4.69) is 11.8 Å². The number of phenolic OH excluding ortho intramolecular Hbond substituents is 1. The van der Waals surface area contributed by atoms with E-state index < -0.39 is 0 Å². The number of nitrogen functional groups attached to an aromatic ring is 1. The third-order valence-corrected chi connectivity index (χ3v) is 3.40.